The second-order valence-corrected chi connectivity index (χ2v) is 4.67. The fourth-order valence-corrected chi connectivity index (χ4v) is 2.06. The van der Waals surface area contributed by atoms with Crippen LogP contribution in [0.1, 0.15) is 33.1 Å². The Morgan fingerprint density at radius 2 is 2.29 bits per heavy atom. The minimum atomic E-state index is -0.0583. The molecule has 0 bridgehead atoms. The lowest BCUT2D eigenvalue weighted by Gasteiger charge is -2.07. The molecule has 0 spiro atoms. The number of hydrogen-bond acceptors (Lipinski definition) is 2. The van der Waals surface area contributed by atoms with E-state index in [0.29, 0.717) is 5.92 Å². The first-order valence-electron chi connectivity index (χ1n) is 5.54. The molecule has 14 heavy (non-hydrogen) atoms. The van der Waals surface area contributed by atoms with Crippen molar-refractivity contribution < 1.29 is 14.8 Å². The van der Waals surface area contributed by atoms with Gasteiger partial charge in [-0.15, -0.1) is 0 Å². The molecule has 1 heterocycles. The van der Waals surface area contributed by atoms with Gasteiger partial charge in [-0.3, -0.25) is 0 Å². The van der Waals surface area contributed by atoms with Gasteiger partial charge in [0.2, 0.25) is 0 Å². The van der Waals surface area contributed by atoms with Gasteiger partial charge in [0.1, 0.15) is 0 Å². The molecule has 3 heteroatoms. The van der Waals surface area contributed by atoms with E-state index in [1.165, 1.54) is 20.0 Å². The van der Waals surface area contributed by atoms with Gasteiger partial charge in [-0.05, 0) is 12.3 Å². The summed E-state index contributed by atoms with van der Waals surface area (Å²) in [5, 5.41) is 2.12. The van der Waals surface area contributed by atoms with Gasteiger partial charge in [0.25, 0.3) is 0 Å². The van der Waals surface area contributed by atoms with Crippen LogP contribution < -0.4 is 5.32 Å². The molecule has 1 aliphatic heterocycles. The molecule has 0 radical (unpaired) electrons. The molecule has 0 saturated carbocycles. The van der Waals surface area contributed by atoms with Crippen molar-refractivity contribution in [2.75, 3.05) is 13.7 Å². The molecule has 82 valence electrons. The molecule has 1 rings (SSSR count). The van der Waals surface area contributed by atoms with Gasteiger partial charge in [0.05, 0.1) is 13.7 Å². The fraction of sp³-hybridized carbons (Fsp3) is 0.909. The van der Waals surface area contributed by atoms with Crippen LogP contribution in [0, 0.1) is 11.8 Å². The van der Waals surface area contributed by atoms with Gasteiger partial charge in [0, 0.05) is 12.3 Å². The monoisotopic (exact) mass is 200 g/mol. The summed E-state index contributed by atoms with van der Waals surface area (Å²) >= 11 is 0. The Balaban J connectivity index is 2.23. The van der Waals surface area contributed by atoms with Crippen molar-refractivity contribution in [3.63, 3.8) is 0 Å². The topological polar surface area (TPSA) is 42.9 Å². The molecule has 1 saturated heterocycles. The average Bonchev–Trinajstić information content (AvgIpc) is 2.62. The molecule has 0 aromatic heterocycles. The number of nitrogens with two attached hydrogens (primary N) is 1. The molecule has 2 atom stereocenters. The van der Waals surface area contributed by atoms with Crippen molar-refractivity contribution in [3.8, 4) is 0 Å². The third-order valence-corrected chi connectivity index (χ3v) is 3.00. The predicted molar refractivity (Wildman–Crippen MR) is 54.8 cm³/mol. The zero-order valence-electron chi connectivity index (χ0n) is 9.45. The SMILES string of the molecule is COC(=O)[C@@H]1CC(CCC(C)C)C[NH2+]1. The van der Waals surface area contributed by atoms with Crippen molar-refractivity contribution in [3.05, 3.63) is 0 Å². The van der Waals surface area contributed by atoms with Gasteiger partial charge in [-0.1, -0.05) is 20.3 Å². The van der Waals surface area contributed by atoms with Crippen LogP contribution in [0.15, 0.2) is 0 Å². The highest BCUT2D eigenvalue weighted by Gasteiger charge is 2.33. The van der Waals surface area contributed by atoms with E-state index in [9.17, 15) is 4.79 Å². The number of carbonyl (C=O) groups excluding carboxylic acids is 1. The van der Waals surface area contributed by atoms with E-state index in [0.717, 1.165) is 18.9 Å². The first-order valence-corrected chi connectivity index (χ1v) is 5.54. The minimum Gasteiger partial charge on any atom is -0.465 e. The molecule has 2 N–H and O–H groups in total. The number of carbonyl (C=O) groups is 1. The second kappa shape index (κ2) is 5.35. The van der Waals surface area contributed by atoms with Crippen LogP contribution in [0.4, 0.5) is 0 Å². The highest BCUT2D eigenvalue weighted by atomic mass is 16.5. The van der Waals surface area contributed by atoms with Crippen molar-refractivity contribution in [2.45, 2.75) is 39.2 Å². The fourth-order valence-electron chi connectivity index (χ4n) is 2.06. The van der Waals surface area contributed by atoms with Gasteiger partial charge in [0.15, 0.2) is 6.04 Å². The summed E-state index contributed by atoms with van der Waals surface area (Å²) < 4.78 is 4.74. The Kier molecular flexibility index (Phi) is 4.39. The number of ether oxygens (including phenoxy) is 1. The van der Waals surface area contributed by atoms with Gasteiger partial charge < -0.3 is 10.1 Å². The van der Waals surface area contributed by atoms with Crippen molar-refractivity contribution in [1.29, 1.82) is 0 Å². The first kappa shape index (κ1) is 11.5. The maximum atomic E-state index is 11.2. The Hall–Kier alpha value is -0.570. The molecule has 1 fully saturated rings. The summed E-state index contributed by atoms with van der Waals surface area (Å²) in [5.41, 5.74) is 0. The molecule has 0 aromatic rings. The van der Waals surface area contributed by atoms with E-state index in [1.807, 2.05) is 0 Å². The minimum absolute atomic E-state index is 0.0583. The Morgan fingerprint density at radius 3 is 2.86 bits per heavy atom. The summed E-state index contributed by atoms with van der Waals surface area (Å²) in [6.07, 6.45) is 3.52. The van der Waals surface area contributed by atoms with E-state index in [1.54, 1.807) is 0 Å². The summed E-state index contributed by atoms with van der Waals surface area (Å²) in [7, 11) is 1.47. The van der Waals surface area contributed by atoms with Gasteiger partial charge in [-0.25, -0.2) is 4.79 Å². The Morgan fingerprint density at radius 1 is 1.57 bits per heavy atom. The molecule has 0 amide bonds. The molecule has 0 aliphatic carbocycles. The van der Waals surface area contributed by atoms with E-state index in [4.69, 9.17) is 4.74 Å². The smallest absolute Gasteiger partial charge is 0.364 e. The van der Waals surface area contributed by atoms with Crippen LogP contribution in [0.2, 0.25) is 0 Å². The summed E-state index contributed by atoms with van der Waals surface area (Å²) in [4.78, 5) is 11.2. The first-order chi connectivity index (χ1) is 6.63. The van der Waals surface area contributed by atoms with E-state index in [2.05, 4.69) is 19.2 Å². The maximum Gasteiger partial charge on any atom is 0.364 e. The standard InChI is InChI=1S/C11H21NO2/c1-8(2)4-5-9-6-10(12-7-9)11(13)14-3/h8-10,12H,4-7H2,1-3H3/p+1/t9?,10-/m0/s1. The lowest BCUT2D eigenvalue weighted by molar-refractivity contribution is -0.661. The molecule has 3 nitrogen and oxygen atoms in total. The number of hydrogen-bond donors (Lipinski definition) is 1. The van der Waals surface area contributed by atoms with E-state index in [-0.39, 0.29) is 12.0 Å². The van der Waals surface area contributed by atoms with Crippen molar-refractivity contribution in [2.24, 2.45) is 11.8 Å². The lowest BCUT2D eigenvalue weighted by atomic mass is 9.96. The average molecular weight is 200 g/mol. The summed E-state index contributed by atoms with van der Waals surface area (Å²) in [5.74, 6) is 1.42. The number of quaternary nitrogens is 1. The number of methoxy groups -OCH3 is 1. The quantitative estimate of drug-likeness (QED) is 0.673. The zero-order valence-corrected chi connectivity index (χ0v) is 9.45. The largest absolute Gasteiger partial charge is 0.465 e. The number of rotatable bonds is 4. The normalized spacial score (nSPS) is 26.9. The molecular weight excluding hydrogens is 178 g/mol. The van der Waals surface area contributed by atoms with Crippen LogP contribution in [0.3, 0.4) is 0 Å². The van der Waals surface area contributed by atoms with Crippen molar-refractivity contribution >= 4 is 5.97 Å². The molecular formula is C11H22NO2+. The van der Waals surface area contributed by atoms with Crippen LogP contribution in [-0.2, 0) is 9.53 Å². The van der Waals surface area contributed by atoms with Gasteiger partial charge >= 0.3 is 5.97 Å². The predicted octanol–water partition coefficient (Wildman–Crippen LogP) is 0.547. The summed E-state index contributed by atoms with van der Waals surface area (Å²) in [6.45, 7) is 5.58. The number of esters is 1. The third kappa shape index (κ3) is 3.29. The van der Waals surface area contributed by atoms with Gasteiger partial charge in [-0.2, -0.15) is 0 Å². The molecule has 1 aliphatic rings. The van der Waals surface area contributed by atoms with Crippen LogP contribution in [0.25, 0.3) is 0 Å². The van der Waals surface area contributed by atoms with Crippen molar-refractivity contribution in [1.82, 2.24) is 0 Å². The maximum absolute atomic E-state index is 11.2. The summed E-state index contributed by atoms with van der Waals surface area (Å²) in [6, 6.07) is 0.0668. The zero-order chi connectivity index (χ0) is 10.6. The molecule has 0 aromatic carbocycles. The van der Waals surface area contributed by atoms with E-state index >= 15 is 0 Å². The highest BCUT2D eigenvalue weighted by molar-refractivity contribution is 5.74. The molecule has 1 unspecified atom stereocenters. The van der Waals surface area contributed by atoms with Crippen LogP contribution in [0.5, 0.6) is 0 Å². The van der Waals surface area contributed by atoms with Crippen LogP contribution >= 0.6 is 0 Å². The second-order valence-electron chi connectivity index (χ2n) is 4.67. The Labute approximate surface area is 86.2 Å². The third-order valence-electron chi connectivity index (χ3n) is 3.00. The lowest BCUT2D eigenvalue weighted by Crippen LogP contribution is -2.88. The Bertz CT molecular complexity index is 192. The highest BCUT2D eigenvalue weighted by Crippen LogP contribution is 2.18. The van der Waals surface area contributed by atoms with Crippen LogP contribution in [-0.4, -0.2) is 25.7 Å². The van der Waals surface area contributed by atoms with E-state index < -0.39 is 0 Å².